The van der Waals surface area contributed by atoms with E-state index in [9.17, 15) is 9.90 Å². The summed E-state index contributed by atoms with van der Waals surface area (Å²) in [5.41, 5.74) is 7.38. The van der Waals surface area contributed by atoms with Crippen molar-refractivity contribution in [2.45, 2.75) is 59.3 Å². The molecule has 120 valence electrons. The molecular formula is C18H31NO2. The summed E-state index contributed by atoms with van der Waals surface area (Å²) in [6, 6.07) is 0. The van der Waals surface area contributed by atoms with Gasteiger partial charge in [-0.25, -0.2) is 0 Å². The molecule has 2 aliphatic rings. The van der Waals surface area contributed by atoms with Gasteiger partial charge in [0, 0.05) is 0 Å². The first-order chi connectivity index (χ1) is 9.97. The van der Waals surface area contributed by atoms with E-state index in [1.54, 1.807) is 5.57 Å². The molecular weight excluding hydrogens is 262 g/mol. The smallest absolute Gasteiger partial charge is 0.303 e. The zero-order chi connectivity index (χ0) is 15.6. The topological polar surface area (TPSA) is 63.3 Å². The Labute approximate surface area is 129 Å². The highest BCUT2D eigenvalue weighted by atomic mass is 16.4. The molecule has 0 spiro atoms. The fraction of sp³-hybridized carbons (Fsp3) is 0.833. The fourth-order valence-electron chi connectivity index (χ4n) is 4.73. The van der Waals surface area contributed by atoms with E-state index in [0.717, 1.165) is 12.3 Å². The lowest BCUT2D eigenvalue weighted by Gasteiger charge is -2.51. The summed E-state index contributed by atoms with van der Waals surface area (Å²) in [4.78, 5) is 11.2. The summed E-state index contributed by atoms with van der Waals surface area (Å²) >= 11 is 0. The van der Waals surface area contributed by atoms with Gasteiger partial charge in [0.2, 0.25) is 0 Å². The van der Waals surface area contributed by atoms with E-state index in [4.69, 9.17) is 5.73 Å². The summed E-state index contributed by atoms with van der Waals surface area (Å²) in [6.45, 7) is 7.39. The van der Waals surface area contributed by atoms with Crippen LogP contribution in [0.3, 0.4) is 0 Å². The number of aliphatic carboxylic acids is 1. The molecule has 3 heteroatoms. The van der Waals surface area contributed by atoms with E-state index in [2.05, 4.69) is 26.8 Å². The van der Waals surface area contributed by atoms with Crippen LogP contribution in [0.4, 0.5) is 0 Å². The van der Waals surface area contributed by atoms with Crippen LogP contribution in [0.15, 0.2) is 11.6 Å². The molecule has 1 saturated carbocycles. The summed E-state index contributed by atoms with van der Waals surface area (Å²) in [7, 11) is 0. The monoisotopic (exact) mass is 293 g/mol. The van der Waals surface area contributed by atoms with Gasteiger partial charge in [0.15, 0.2) is 0 Å². The van der Waals surface area contributed by atoms with Crippen LogP contribution in [0, 0.1) is 29.1 Å². The number of rotatable bonds is 8. The Morgan fingerprint density at radius 3 is 2.76 bits per heavy atom. The molecule has 0 amide bonds. The molecule has 0 radical (unpaired) electrons. The van der Waals surface area contributed by atoms with Crippen LogP contribution >= 0.6 is 0 Å². The van der Waals surface area contributed by atoms with Gasteiger partial charge in [0.1, 0.15) is 0 Å². The Kier molecular flexibility index (Phi) is 5.13. The van der Waals surface area contributed by atoms with Gasteiger partial charge in [0.25, 0.3) is 0 Å². The van der Waals surface area contributed by atoms with Gasteiger partial charge < -0.3 is 10.8 Å². The number of carboxylic acids is 1. The minimum absolute atomic E-state index is 0.162. The Bertz CT molecular complexity index is 417. The Hall–Kier alpha value is -0.830. The van der Waals surface area contributed by atoms with Crippen LogP contribution in [-0.2, 0) is 4.79 Å². The van der Waals surface area contributed by atoms with Crippen molar-refractivity contribution in [3.63, 3.8) is 0 Å². The van der Waals surface area contributed by atoms with Crippen LogP contribution in [0.2, 0.25) is 0 Å². The second-order valence-corrected chi connectivity index (χ2v) is 7.35. The summed E-state index contributed by atoms with van der Waals surface area (Å²) in [5, 5.41) is 9.17. The van der Waals surface area contributed by atoms with Gasteiger partial charge in [0.05, 0.1) is 6.42 Å². The first kappa shape index (κ1) is 16.5. The molecule has 3 N–H and O–H groups in total. The number of nitrogens with two attached hydrogens (primary N) is 1. The molecule has 0 aromatic carbocycles. The number of hydrogen-bond donors (Lipinski definition) is 2. The molecule has 2 unspecified atom stereocenters. The molecule has 3 nitrogen and oxygen atoms in total. The van der Waals surface area contributed by atoms with Crippen molar-refractivity contribution in [2.24, 2.45) is 34.8 Å². The van der Waals surface area contributed by atoms with Crippen LogP contribution in [0.25, 0.3) is 0 Å². The maximum atomic E-state index is 11.2. The normalized spacial score (nSPS) is 33.8. The molecule has 2 aliphatic carbocycles. The minimum Gasteiger partial charge on any atom is -0.481 e. The maximum absolute atomic E-state index is 11.2. The number of allylic oxidation sites excluding steroid dienone is 2. The van der Waals surface area contributed by atoms with Crippen molar-refractivity contribution in [3.05, 3.63) is 11.6 Å². The van der Waals surface area contributed by atoms with Crippen molar-refractivity contribution in [3.8, 4) is 0 Å². The third-order valence-corrected chi connectivity index (χ3v) is 6.09. The molecule has 21 heavy (non-hydrogen) atoms. The molecule has 5 atom stereocenters. The minimum atomic E-state index is -0.701. The Morgan fingerprint density at radius 2 is 2.24 bits per heavy atom. The molecule has 2 rings (SSSR count). The van der Waals surface area contributed by atoms with E-state index in [0.29, 0.717) is 24.3 Å². The fourth-order valence-corrected chi connectivity index (χ4v) is 4.73. The first-order valence-electron chi connectivity index (χ1n) is 8.59. The van der Waals surface area contributed by atoms with E-state index in [-0.39, 0.29) is 11.8 Å². The van der Waals surface area contributed by atoms with Crippen molar-refractivity contribution >= 4 is 5.97 Å². The van der Waals surface area contributed by atoms with Gasteiger partial charge in [-0.15, -0.1) is 0 Å². The van der Waals surface area contributed by atoms with Gasteiger partial charge in [-0.05, 0) is 54.9 Å². The molecule has 0 saturated heterocycles. The van der Waals surface area contributed by atoms with E-state index in [1.165, 1.54) is 25.7 Å². The lowest BCUT2D eigenvalue weighted by atomic mass is 9.53. The van der Waals surface area contributed by atoms with Crippen LogP contribution in [-0.4, -0.2) is 17.6 Å². The lowest BCUT2D eigenvalue weighted by Crippen LogP contribution is -2.51. The predicted octanol–water partition coefficient (Wildman–Crippen LogP) is 3.83. The second-order valence-electron chi connectivity index (χ2n) is 7.35. The lowest BCUT2D eigenvalue weighted by molar-refractivity contribution is -0.144. The number of carbonyl (C=O) groups is 1. The quantitative estimate of drug-likeness (QED) is 0.668. The maximum Gasteiger partial charge on any atom is 0.303 e. The molecule has 0 aromatic heterocycles. The summed E-state index contributed by atoms with van der Waals surface area (Å²) in [6.07, 6.45) is 8.54. The number of fused-ring (bicyclic) bond motifs is 1. The van der Waals surface area contributed by atoms with Crippen molar-refractivity contribution in [1.29, 1.82) is 0 Å². The Balaban J connectivity index is 2.14. The van der Waals surface area contributed by atoms with Crippen LogP contribution < -0.4 is 5.73 Å². The average molecular weight is 293 g/mol. The molecule has 0 heterocycles. The SMILES string of the molecule is CCCC(C1=C[C@H]2[C@@H](C1)C[C@@]2(CN)CC(=O)O)C(C)CC. The number of carboxylic acid groups (broad SMARTS) is 1. The third-order valence-electron chi connectivity index (χ3n) is 6.09. The van der Waals surface area contributed by atoms with Gasteiger partial charge in [-0.3, -0.25) is 4.79 Å². The van der Waals surface area contributed by atoms with Crippen molar-refractivity contribution in [1.82, 2.24) is 0 Å². The van der Waals surface area contributed by atoms with Crippen molar-refractivity contribution in [2.75, 3.05) is 6.54 Å². The zero-order valence-corrected chi connectivity index (χ0v) is 13.8. The highest BCUT2D eigenvalue weighted by Crippen LogP contribution is 2.60. The van der Waals surface area contributed by atoms with Crippen LogP contribution in [0.5, 0.6) is 0 Å². The summed E-state index contributed by atoms with van der Waals surface area (Å²) < 4.78 is 0. The van der Waals surface area contributed by atoms with Gasteiger partial charge in [-0.2, -0.15) is 0 Å². The van der Waals surface area contributed by atoms with Gasteiger partial charge >= 0.3 is 5.97 Å². The standard InChI is InChI=1S/C18H31NO2/c1-4-6-15(12(3)5-2)13-7-14-9-18(11-19,10-17(20)21)16(14)8-13/h8,12,14-16H,4-7,9-11,19H2,1-3H3,(H,20,21)/t12?,14-,15?,16-,18-/m0/s1. The van der Waals surface area contributed by atoms with E-state index < -0.39 is 5.97 Å². The van der Waals surface area contributed by atoms with E-state index in [1.807, 2.05) is 0 Å². The first-order valence-corrected chi connectivity index (χ1v) is 8.59. The second kappa shape index (κ2) is 6.51. The largest absolute Gasteiger partial charge is 0.481 e. The molecule has 0 aliphatic heterocycles. The molecule has 1 fully saturated rings. The van der Waals surface area contributed by atoms with Crippen molar-refractivity contribution < 1.29 is 9.90 Å². The van der Waals surface area contributed by atoms with Crippen LogP contribution in [0.1, 0.15) is 59.3 Å². The van der Waals surface area contributed by atoms with Gasteiger partial charge in [-0.1, -0.05) is 45.3 Å². The molecule has 0 bridgehead atoms. The zero-order valence-electron chi connectivity index (χ0n) is 13.8. The predicted molar refractivity (Wildman–Crippen MR) is 85.9 cm³/mol. The Morgan fingerprint density at radius 1 is 1.52 bits per heavy atom. The number of hydrogen-bond acceptors (Lipinski definition) is 2. The highest BCUT2D eigenvalue weighted by Gasteiger charge is 2.55. The summed E-state index contributed by atoms with van der Waals surface area (Å²) in [5.74, 6) is 1.78. The van der Waals surface area contributed by atoms with E-state index >= 15 is 0 Å². The highest BCUT2D eigenvalue weighted by molar-refractivity contribution is 5.68. The third kappa shape index (κ3) is 3.03. The average Bonchev–Trinajstić information content (AvgIpc) is 2.79. The molecule has 0 aromatic rings.